The number of benzene rings is 1. The van der Waals surface area contributed by atoms with Crippen LogP contribution in [0.1, 0.15) is 25.5 Å². The second kappa shape index (κ2) is 6.53. The lowest BCUT2D eigenvalue weighted by Crippen LogP contribution is -2.24. The maximum Gasteiger partial charge on any atom is 0.0725 e. The third-order valence-corrected chi connectivity index (χ3v) is 3.21. The van der Waals surface area contributed by atoms with E-state index in [1.165, 1.54) is 5.39 Å². The molecule has 1 unspecified atom stereocenters. The lowest BCUT2D eigenvalue weighted by atomic mass is 10.1. The zero-order valence-electron chi connectivity index (χ0n) is 11.9. The number of para-hydroxylation sites is 1. The summed E-state index contributed by atoms with van der Waals surface area (Å²) in [5.74, 6) is 0. The molecule has 0 amide bonds. The molecule has 1 heterocycles. The molecule has 0 aliphatic rings. The van der Waals surface area contributed by atoms with Gasteiger partial charge in [-0.05, 0) is 25.5 Å². The Labute approximate surface area is 115 Å². The van der Waals surface area contributed by atoms with Gasteiger partial charge in [0.2, 0.25) is 0 Å². The first kappa shape index (κ1) is 13.8. The molecule has 0 aliphatic carbocycles. The molecule has 0 bridgehead atoms. The zero-order chi connectivity index (χ0) is 13.7. The predicted octanol–water partition coefficient (Wildman–Crippen LogP) is 3.77. The summed E-state index contributed by atoms with van der Waals surface area (Å²) in [6.45, 7) is 4.95. The first-order valence-electron chi connectivity index (χ1n) is 6.86. The van der Waals surface area contributed by atoms with Crippen molar-refractivity contribution in [2.45, 2.75) is 32.7 Å². The molecule has 0 saturated carbocycles. The van der Waals surface area contributed by atoms with Crippen molar-refractivity contribution in [3.63, 3.8) is 0 Å². The van der Waals surface area contributed by atoms with Crippen molar-refractivity contribution < 1.29 is 4.74 Å². The summed E-state index contributed by atoms with van der Waals surface area (Å²) >= 11 is 0. The molecular formula is C16H22N2O. The fraction of sp³-hybridized carbons (Fsp3) is 0.438. The molecule has 1 N–H and O–H groups in total. The number of fused-ring (bicyclic) bond motifs is 1. The van der Waals surface area contributed by atoms with Crippen molar-refractivity contribution in [2.75, 3.05) is 19.0 Å². The summed E-state index contributed by atoms with van der Waals surface area (Å²) < 4.78 is 5.29. The van der Waals surface area contributed by atoms with Gasteiger partial charge in [-0.1, -0.05) is 31.5 Å². The molecule has 3 heteroatoms. The van der Waals surface area contributed by atoms with Gasteiger partial charge in [0, 0.05) is 29.9 Å². The number of anilines is 1. The van der Waals surface area contributed by atoms with E-state index in [4.69, 9.17) is 4.74 Å². The molecule has 2 aromatic rings. The van der Waals surface area contributed by atoms with E-state index in [1.807, 2.05) is 13.0 Å². The quantitative estimate of drug-likeness (QED) is 0.856. The summed E-state index contributed by atoms with van der Waals surface area (Å²) in [6.07, 6.45) is 2.24. The Bertz CT molecular complexity index is 533. The Kier molecular flexibility index (Phi) is 4.74. The maximum absolute atomic E-state index is 5.29. The molecule has 102 valence electrons. The SMILES string of the molecule is CCCC(COC)Nc1cc(C)nc2ccccc12. The van der Waals surface area contributed by atoms with Crippen molar-refractivity contribution in [3.05, 3.63) is 36.0 Å². The molecule has 0 fully saturated rings. The number of nitrogens with zero attached hydrogens (tertiary/aromatic N) is 1. The van der Waals surface area contributed by atoms with Crippen LogP contribution < -0.4 is 5.32 Å². The topological polar surface area (TPSA) is 34.1 Å². The Balaban J connectivity index is 2.32. The molecule has 1 atom stereocenters. The van der Waals surface area contributed by atoms with Crippen molar-refractivity contribution in [2.24, 2.45) is 0 Å². The van der Waals surface area contributed by atoms with Crippen LogP contribution in [-0.4, -0.2) is 24.7 Å². The van der Waals surface area contributed by atoms with Crippen LogP contribution in [0.4, 0.5) is 5.69 Å². The summed E-state index contributed by atoms with van der Waals surface area (Å²) in [5.41, 5.74) is 3.23. The summed E-state index contributed by atoms with van der Waals surface area (Å²) in [4.78, 5) is 4.56. The van der Waals surface area contributed by atoms with Crippen molar-refractivity contribution in [1.29, 1.82) is 0 Å². The highest BCUT2D eigenvalue weighted by atomic mass is 16.5. The second-order valence-corrected chi connectivity index (χ2v) is 4.91. The molecule has 1 aromatic heterocycles. The first-order valence-corrected chi connectivity index (χ1v) is 6.86. The maximum atomic E-state index is 5.29. The fourth-order valence-electron chi connectivity index (χ4n) is 2.39. The van der Waals surface area contributed by atoms with Crippen LogP contribution in [0.5, 0.6) is 0 Å². The van der Waals surface area contributed by atoms with Gasteiger partial charge in [-0.15, -0.1) is 0 Å². The molecule has 0 spiro atoms. The number of methoxy groups -OCH3 is 1. The molecule has 0 radical (unpaired) electrons. The lowest BCUT2D eigenvalue weighted by molar-refractivity contribution is 0.182. The highest BCUT2D eigenvalue weighted by Crippen LogP contribution is 2.24. The fourth-order valence-corrected chi connectivity index (χ4v) is 2.39. The smallest absolute Gasteiger partial charge is 0.0725 e. The lowest BCUT2D eigenvalue weighted by Gasteiger charge is -2.20. The monoisotopic (exact) mass is 258 g/mol. The molecule has 1 aromatic carbocycles. The van der Waals surface area contributed by atoms with E-state index in [9.17, 15) is 0 Å². The minimum atomic E-state index is 0.347. The van der Waals surface area contributed by atoms with E-state index in [1.54, 1.807) is 7.11 Å². The van der Waals surface area contributed by atoms with Crippen molar-refractivity contribution >= 4 is 16.6 Å². The zero-order valence-corrected chi connectivity index (χ0v) is 11.9. The van der Waals surface area contributed by atoms with Crippen LogP contribution in [0.25, 0.3) is 10.9 Å². The van der Waals surface area contributed by atoms with E-state index in [0.717, 1.165) is 36.3 Å². The van der Waals surface area contributed by atoms with Crippen LogP contribution in [0.15, 0.2) is 30.3 Å². The van der Waals surface area contributed by atoms with Gasteiger partial charge in [0.1, 0.15) is 0 Å². The average molecular weight is 258 g/mol. The summed E-state index contributed by atoms with van der Waals surface area (Å²) in [7, 11) is 1.75. The molecular weight excluding hydrogens is 236 g/mol. The van der Waals surface area contributed by atoms with Crippen LogP contribution in [0.3, 0.4) is 0 Å². The van der Waals surface area contributed by atoms with Gasteiger partial charge in [-0.25, -0.2) is 0 Å². The van der Waals surface area contributed by atoms with Gasteiger partial charge in [-0.2, -0.15) is 0 Å². The van der Waals surface area contributed by atoms with Gasteiger partial charge in [0.05, 0.1) is 12.1 Å². The number of aryl methyl sites for hydroxylation is 1. The number of nitrogens with one attached hydrogen (secondary N) is 1. The van der Waals surface area contributed by atoms with Crippen LogP contribution >= 0.6 is 0 Å². The number of rotatable bonds is 6. The minimum Gasteiger partial charge on any atom is -0.383 e. The van der Waals surface area contributed by atoms with Gasteiger partial charge < -0.3 is 10.1 Å². The predicted molar refractivity (Wildman–Crippen MR) is 80.7 cm³/mol. The second-order valence-electron chi connectivity index (χ2n) is 4.91. The van der Waals surface area contributed by atoms with E-state index in [-0.39, 0.29) is 0 Å². The van der Waals surface area contributed by atoms with Gasteiger partial charge in [0.15, 0.2) is 0 Å². The third-order valence-electron chi connectivity index (χ3n) is 3.21. The standard InChI is InChI=1S/C16H22N2O/c1-4-7-13(11-19-3)18-16-10-12(2)17-15-9-6-5-8-14(15)16/h5-6,8-10,13H,4,7,11H2,1-3H3,(H,17,18). The highest BCUT2D eigenvalue weighted by molar-refractivity contribution is 5.91. The number of hydrogen-bond donors (Lipinski definition) is 1. The van der Waals surface area contributed by atoms with Gasteiger partial charge in [0.25, 0.3) is 0 Å². The number of ether oxygens (including phenoxy) is 1. The van der Waals surface area contributed by atoms with Gasteiger partial charge >= 0.3 is 0 Å². The Morgan fingerprint density at radius 2 is 2.11 bits per heavy atom. The average Bonchev–Trinajstić information content (AvgIpc) is 2.39. The van der Waals surface area contributed by atoms with Crippen molar-refractivity contribution in [1.82, 2.24) is 4.98 Å². The molecule has 2 rings (SSSR count). The first-order chi connectivity index (χ1) is 9.24. The Hall–Kier alpha value is -1.61. The molecule has 19 heavy (non-hydrogen) atoms. The van der Waals surface area contributed by atoms with Gasteiger partial charge in [-0.3, -0.25) is 4.98 Å². The van der Waals surface area contributed by atoms with E-state index < -0.39 is 0 Å². The summed E-state index contributed by atoms with van der Waals surface area (Å²) in [6, 6.07) is 10.7. The number of aromatic nitrogens is 1. The molecule has 3 nitrogen and oxygen atoms in total. The summed E-state index contributed by atoms with van der Waals surface area (Å²) in [5, 5.41) is 4.77. The van der Waals surface area contributed by atoms with E-state index >= 15 is 0 Å². The molecule has 0 saturated heterocycles. The Morgan fingerprint density at radius 1 is 1.32 bits per heavy atom. The van der Waals surface area contributed by atoms with Crippen molar-refractivity contribution in [3.8, 4) is 0 Å². The van der Waals surface area contributed by atoms with E-state index in [0.29, 0.717) is 6.04 Å². The Morgan fingerprint density at radius 3 is 2.84 bits per heavy atom. The number of hydrogen-bond acceptors (Lipinski definition) is 3. The normalized spacial score (nSPS) is 12.6. The largest absolute Gasteiger partial charge is 0.383 e. The van der Waals surface area contributed by atoms with Crippen LogP contribution in [-0.2, 0) is 4.74 Å². The number of pyridine rings is 1. The van der Waals surface area contributed by atoms with Crippen LogP contribution in [0.2, 0.25) is 0 Å². The van der Waals surface area contributed by atoms with E-state index in [2.05, 4.69) is 41.5 Å². The minimum absolute atomic E-state index is 0.347. The highest BCUT2D eigenvalue weighted by Gasteiger charge is 2.10. The molecule has 0 aliphatic heterocycles. The van der Waals surface area contributed by atoms with Crippen LogP contribution in [0, 0.1) is 6.92 Å². The third kappa shape index (κ3) is 3.44.